The third kappa shape index (κ3) is 20.9. The minimum atomic E-state index is -4.51. The Bertz CT molecular complexity index is 1400. The van der Waals surface area contributed by atoms with Gasteiger partial charge in [-0.2, -0.15) is 0 Å². The zero-order valence-electron chi connectivity index (χ0n) is 36.5. The summed E-state index contributed by atoms with van der Waals surface area (Å²) in [5.41, 5.74) is 9.10. The first-order valence-electron chi connectivity index (χ1n) is 18.1. The molecule has 0 saturated carbocycles. The normalized spacial score (nSPS) is 11.1. The predicted octanol–water partition coefficient (Wildman–Crippen LogP) is 10.9. The Kier molecular flexibility index (Phi) is 29.5. The average Bonchev–Trinajstić information content (AvgIpc) is 3.06. The summed E-state index contributed by atoms with van der Waals surface area (Å²) in [5.74, 6) is 5.28. The van der Waals surface area contributed by atoms with Crippen LogP contribution in [0.25, 0.3) is 0 Å². The summed E-state index contributed by atoms with van der Waals surface area (Å²) in [4.78, 5) is 17.3. The van der Waals surface area contributed by atoms with Crippen LogP contribution in [0.15, 0.2) is 54.6 Å². The molecule has 0 heterocycles. The van der Waals surface area contributed by atoms with E-state index in [0.717, 1.165) is 22.8 Å². The van der Waals surface area contributed by atoms with E-state index in [-0.39, 0.29) is 42.8 Å². The van der Waals surface area contributed by atoms with E-state index in [9.17, 15) is 4.57 Å². The molecule has 0 aliphatic carbocycles. The van der Waals surface area contributed by atoms with Crippen LogP contribution in [0.1, 0.15) is 159 Å². The molecule has 6 nitrogen and oxygen atoms in total. The fourth-order valence-corrected chi connectivity index (χ4v) is 5.92. The van der Waals surface area contributed by atoms with Crippen molar-refractivity contribution in [2.24, 2.45) is 0 Å². The van der Waals surface area contributed by atoms with Crippen molar-refractivity contribution in [3.05, 3.63) is 93.5 Å². The number of rotatable bonds is 14. The summed E-state index contributed by atoms with van der Waals surface area (Å²) in [6.45, 7) is 27.8. The summed E-state index contributed by atoms with van der Waals surface area (Å²) in [6.07, 6.45) is 4.03. The van der Waals surface area contributed by atoms with Crippen LogP contribution in [0.5, 0.6) is 11.5 Å². The van der Waals surface area contributed by atoms with E-state index >= 15 is 0 Å². The number of para-hydroxylation sites is 2. The summed E-state index contributed by atoms with van der Waals surface area (Å²) >= 11 is 8.49. The molecule has 0 unspecified atom stereocenters. The third-order valence-electron chi connectivity index (χ3n) is 8.16. The monoisotopic (exact) mass is 822 g/mol. The van der Waals surface area contributed by atoms with Gasteiger partial charge in [0, 0.05) is 0 Å². The molecule has 0 amide bonds. The van der Waals surface area contributed by atoms with E-state index in [2.05, 4.69) is 109 Å². The maximum absolute atomic E-state index is 10.7. The van der Waals surface area contributed by atoms with Crippen molar-refractivity contribution in [3.63, 3.8) is 0 Å². The molecule has 0 saturated heterocycles. The van der Waals surface area contributed by atoms with Crippen molar-refractivity contribution >= 4 is 42.9 Å². The number of ether oxygens (including phenoxy) is 2. The molecule has 3 aromatic rings. The fraction of sp³-hybridized carbons (Fsp3) is 0.571. The van der Waals surface area contributed by atoms with Crippen molar-refractivity contribution in [1.29, 1.82) is 0 Å². The van der Waals surface area contributed by atoms with Gasteiger partial charge in [0.2, 0.25) is 0 Å². The Morgan fingerprint density at radius 3 is 1.13 bits per heavy atom. The van der Waals surface area contributed by atoms with Crippen molar-refractivity contribution in [2.45, 2.75) is 126 Å². The zero-order chi connectivity index (χ0) is 40.2. The number of alkyl halides is 1. The Morgan fingerprint density at radius 1 is 0.604 bits per heavy atom. The van der Waals surface area contributed by atoms with Crippen molar-refractivity contribution in [3.8, 4) is 11.5 Å². The number of thioether (sulfide) groups is 2. The molecule has 298 valence electrons. The van der Waals surface area contributed by atoms with E-state index < -0.39 is 14.6 Å². The van der Waals surface area contributed by atoms with E-state index in [0.29, 0.717) is 34.6 Å². The van der Waals surface area contributed by atoms with Crippen molar-refractivity contribution < 1.29 is 59.3 Å². The zero-order valence-corrected chi connectivity index (χ0v) is 40.7. The number of phosphoric acid groups is 1. The standard InChI is InChI=1S/C14H22OS.C13H21O5P.C13H20.C2H5ClS.Na.H/c1-10(2)12-7-6-8-13(11(3)4)14(12)15-9-16-5;1-9(2)11-6-5-7-12(10(3)4)13(11)17-8-18-19(14,15)16;1-9(2)12-7-6-8-13(10(3)4)11(12)5;1-4-2-3;;/h6-8,10-11H,9H2,1-5H3;5-7,9-10H,8H2,1-4H3,(H2,14,15,16);6-10H,1-5H3;2H2,1H3;;/q;;;;+1;-1. The largest absolute Gasteiger partial charge is 1.00 e. The second kappa shape index (κ2) is 28.7. The summed E-state index contributed by atoms with van der Waals surface area (Å²) in [7, 11) is -4.51. The third-order valence-corrected chi connectivity index (χ3v) is 9.82. The van der Waals surface area contributed by atoms with Crippen LogP contribution in [0, 0.1) is 6.92 Å². The van der Waals surface area contributed by atoms with E-state index in [1.54, 1.807) is 23.5 Å². The number of benzene rings is 3. The van der Waals surface area contributed by atoms with Gasteiger partial charge in [-0.1, -0.05) is 138 Å². The topological polar surface area (TPSA) is 85.2 Å². The smallest absolute Gasteiger partial charge is 1.00 e. The van der Waals surface area contributed by atoms with Gasteiger partial charge >= 0.3 is 37.4 Å². The van der Waals surface area contributed by atoms with Gasteiger partial charge in [-0.25, -0.2) is 9.09 Å². The second-order valence-corrected chi connectivity index (χ2v) is 17.9. The van der Waals surface area contributed by atoms with Crippen molar-refractivity contribution in [1.82, 2.24) is 0 Å². The van der Waals surface area contributed by atoms with Gasteiger partial charge in [0.15, 0.2) is 6.79 Å². The SMILES string of the molecule is CC(C)c1cccc(C(C)C)c1OCOP(=O)(O)O.CSCCl.CSCOc1c(C(C)C)cccc1C(C)C.Cc1c(C(C)C)cccc1C(C)C.[H-].[Na+]. The van der Waals surface area contributed by atoms with E-state index in [1.165, 1.54) is 27.8 Å². The minimum Gasteiger partial charge on any atom is -1.00 e. The maximum atomic E-state index is 10.7. The minimum absolute atomic E-state index is 0. The average molecular weight is 824 g/mol. The molecule has 2 N–H and O–H groups in total. The number of hydrogen-bond acceptors (Lipinski definition) is 6. The van der Waals surface area contributed by atoms with Crippen LogP contribution < -0.4 is 39.0 Å². The molecule has 3 aromatic carbocycles. The molecule has 3 rings (SSSR count). The molecule has 11 heteroatoms. The molecular weight excluding hydrogens is 754 g/mol. The Balaban J connectivity index is -0.000000684. The van der Waals surface area contributed by atoms with Crippen LogP contribution in [-0.4, -0.2) is 40.2 Å². The molecule has 0 atom stereocenters. The second-order valence-electron chi connectivity index (χ2n) is 14.4. The van der Waals surface area contributed by atoms with E-state index in [1.807, 2.05) is 52.1 Å². The molecule has 0 aliphatic heterocycles. The molecule has 53 heavy (non-hydrogen) atoms. The first-order valence-corrected chi connectivity index (χ1v) is 22.9. The van der Waals surface area contributed by atoms with Crippen LogP contribution in [0.3, 0.4) is 0 Å². The fourth-order valence-electron chi connectivity index (χ4n) is 5.49. The first kappa shape index (κ1) is 54.5. The van der Waals surface area contributed by atoms with Gasteiger partial charge in [-0.15, -0.1) is 35.1 Å². The van der Waals surface area contributed by atoms with E-state index in [4.69, 9.17) is 30.9 Å². The Morgan fingerprint density at radius 2 is 0.887 bits per heavy atom. The van der Waals surface area contributed by atoms with Gasteiger partial charge in [0.1, 0.15) is 17.4 Å². The maximum Gasteiger partial charge on any atom is 1.00 e. The summed E-state index contributed by atoms with van der Waals surface area (Å²) < 4.78 is 26.4. The molecule has 0 aliphatic rings. The van der Waals surface area contributed by atoms with Crippen LogP contribution in [-0.2, 0) is 9.09 Å². The number of phosphoric ester groups is 1. The van der Waals surface area contributed by atoms with Gasteiger partial charge < -0.3 is 20.7 Å². The molecule has 0 bridgehead atoms. The van der Waals surface area contributed by atoms with Gasteiger partial charge in [0.25, 0.3) is 0 Å². The van der Waals surface area contributed by atoms with Crippen LogP contribution in [0.4, 0.5) is 0 Å². The van der Waals surface area contributed by atoms with Gasteiger partial charge in [0.05, 0.1) is 5.21 Å². The molecule has 0 spiro atoms. The molecule has 0 fully saturated rings. The Hall–Kier alpha value is -0.640. The van der Waals surface area contributed by atoms with Crippen molar-refractivity contribution in [2.75, 3.05) is 30.5 Å². The van der Waals surface area contributed by atoms with Gasteiger partial charge in [-0.05, 0) is 93.9 Å². The number of hydrogen-bond donors (Lipinski definition) is 2. The molecule has 0 radical (unpaired) electrons. The number of halogens is 1. The molecule has 0 aromatic heterocycles. The quantitative estimate of drug-likeness (QED) is 0.0720. The summed E-state index contributed by atoms with van der Waals surface area (Å²) in [6, 6.07) is 19.0. The Labute approximate surface area is 360 Å². The predicted molar refractivity (Wildman–Crippen MR) is 232 cm³/mol. The van der Waals surface area contributed by atoms with Crippen LogP contribution >= 0.6 is 42.9 Å². The summed E-state index contributed by atoms with van der Waals surface area (Å²) in [5, 5.41) is 0.708. The first-order chi connectivity index (χ1) is 24.2. The molecular formula is C42H69ClNaO6PS2. The van der Waals surface area contributed by atoms with Gasteiger partial charge in [-0.3, -0.25) is 0 Å². The van der Waals surface area contributed by atoms with Crippen LogP contribution in [0.2, 0.25) is 0 Å².